The number of rotatable bonds is 5. The Balaban J connectivity index is 1.38. The fourth-order valence-electron chi connectivity index (χ4n) is 2.88. The van der Waals surface area contributed by atoms with Crippen LogP contribution in [0.2, 0.25) is 0 Å². The maximum absolute atomic E-state index is 12.5. The van der Waals surface area contributed by atoms with E-state index in [4.69, 9.17) is 4.74 Å². The highest BCUT2D eigenvalue weighted by atomic mass is 32.1. The van der Waals surface area contributed by atoms with Gasteiger partial charge >= 0.3 is 0 Å². The van der Waals surface area contributed by atoms with Gasteiger partial charge in [0.05, 0.1) is 24.3 Å². The van der Waals surface area contributed by atoms with Gasteiger partial charge in [-0.25, -0.2) is 4.98 Å². The topological polar surface area (TPSA) is 68.2 Å². The van der Waals surface area contributed by atoms with E-state index in [1.54, 1.807) is 4.90 Å². The van der Waals surface area contributed by atoms with Crippen molar-refractivity contribution in [1.82, 2.24) is 19.5 Å². The van der Waals surface area contributed by atoms with Crippen molar-refractivity contribution in [1.29, 1.82) is 0 Å². The van der Waals surface area contributed by atoms with Gasteiger partial charge in [-0.15, -0.1) is 5.10 Å². The number of amides is 1. The van der Waals surface area contributed by atoms with Crippen molar-refractivity contribution in [3.05, 3.63) is 47.0 Å². The van der Waals surface area contributed by atoms with Gasteiger partial charge in [0.1, 0.15) is 11.0 Å². The second-order valence-electron chi connectivity index (χ2n) is 6.09. The molecule has 6 nitrogen and oxygen atoms in total. The molecule has 2 aromatic heterocycles. The zero-order valence-electron chi connectivity index (χ0n) is 13.9. The van der Waals surface area contributed by atoms with Gasteiger partial charge in [0.15, 0.2) is 0 Å². The molecule has 1 saturated heterocycles. The van der Waals surface area contributed by atoms with Crippen molar-refractivity contribution in [2.45, 2.75) is 25.9 Å². The van der Waals surface area contributed by atoms with Crippen LogP contribution in [0.3, 0.4) is 0 Å². The van der Waals surface area contributed by atoms with Crippen LogP contribution < -0.4 is 4.74 Å². The molecule has 3 heterocycles. The van der Waals surface area contributed by atoms with Crippen LogP contribution in [0.1, 0.15) is 28.7 Å². The molecule has 0 radical (unpaired) electrons. The number of aryl methyl sites for hydroxylation is 1. The lowest BCUT2D eigenvalue weighted by molar-refractivity contribution is 0.0164. The number of hydrogen-bond donors (Lipinski definition) is 0. The van der Waals surface area contributed by atoms with Gasteiger partial charge in [-0.05, 0) is 30.1 Å². The third-order valence-corrected chi connectivity index (χ3v) is 4.99. The van der Waals surface area contributed by atoms with E-state index in [1.165, 1.54) is 11.5 Å². The van der Waals surface area contributed by atoms with Gasteiger partial charge in [-0.1, -0.05) is 36.0 Å². The molecule has 1 amide bonds. The fourth-order valence-corrected chi connectivity index (χ4v) is 3.55. The van der Waals surface area contributed by atoms with Crippen LogP contribution in [-0.4, -0.2) is 44.6 Å². The molecule has 0 spiro atoms. The van der Waals surface area contributed by atoms with E-state index in [9.17, 15) is 4.79 Å². The van der Waals surface area contributed by atoms with Crippen LogP contribution in [0.25, 0.3) is 10.9 Å². The molecule has 3 aromatic rings. The Morgan fingerprint density at radius 1 is 1.28 bits per heavy atom. The molecule has 0 atom stereocenters. The molecule has 1 aliphatic rings. The number of likely N-dealkylation sites (tertiary alicyclic amines) is 1. The Hall–Kier alpha value is -2.54. The van der Waals surface area contributed by atoms with Gasteiger partial charge < -0.3 is 9.64 Å². The smallest absolute Gasteiger partial charge is 0.267 e. The average Bonchev–Trinajstić information content (AvgIpc) is 3.06. The Morgan fingerprint density at radius 3 is 2.96 bits per heavy atom. The van der Waals surface area contributed by atoms with Crippen molar-refractivity contribution in [3.8, 4) is 5.88 Å². The second kappa shape index (κ2) is 6.76. The quantitative estimate of drug-likeness (QED) is 0.705. The summed E-state index contributed by atoms with van der Waals surface area (Å²) >= 11 is 1.18. The van der Waals surface area contributed by atoms with Crippen molar-refractivity contribution < 1.29 is 9.53 Å². The maximum atomic E-state index is 12.5. The number of carbonyl (C=O) groups excluding carboxylic acids is 1. The molecule has 128 valence electrons. The minimum absolute atomic E-state index is 0.00442. The van der Waals surface area contributed by atoms with Gasteiger partial charge in [0.2, 0.25) is 5.88 Å². The zero-order chi connectivity index (χ0) is 17.2. The van der Waals surface area contributed by atoms with Gasteiger partial charge in [-0.3, -0.25) is 4.79 Å². The maximum Gasteiger partial charge on any atom is 0.267 e. The Kier molecular flexibility index (Phi) is 4.31. The number of hydrogen-bond acceptors (Lipinski definition) is 6. The molecule has 1 fully saturated rings. The van der Waals surface area contributed by atoms with Crippen LogP contribution in [-0.2, 0) is 6.42 Å². The largest absolute Gasteiger partial charge is 0.471 e. The fraction of sp³-hybridized carbons (Fsp3) is 0.333. The molecule has 25 heavy (non-hydrogen) atoms. The molecule has 0 saturated carbocycles. The molecule has 4 rings (SSSR count). The lowest BCUT2D eigenvalue weighted by Gasteiger charge is -2.38. The number of benzene rings is 1. The first kappa shape index (κ1) is 16.0. The van der Waals surface area contributed by atoms with Gasteiger partial charge in [-0.2, -0.15) is 0 Å². The Bertz CT molecular complexity index is 905. The van der Waals surface area contributed by atoms with E-state index >= 15 is 0 Å². The number of ether oxygens (including phenoxy) is 1. The van der Waals surface area contributed by atoms with E-state index < -0.39 is 0 Å². The highest BCUT2D eigenvalue weighted by Gasteiger charge is 2.35. The summed E-state index contributed by atoms with van der Waals surface area (Å²) < 4.78 is 9.82. The summed E-state index contributed by atoms with van der Waals surface area (Å²) in [6.07, 6.45) is 1.71. The lowest BCUT2D eigenvalue weighted by Crippen LogP contribution is -2.56. The number of fused-ring (bicyclic) bond motifs is 1. The molecule has 0 N–H and O–H groups in total. The predicted molar refractivity (Wildman–Crippen MR) is 96.0 cm³/mol. The van der Waals surface area contributed by atoms with Crippen molar-refractivity contribution >= 4 is 28.3 Å². The summed E-state index contributed by atoms with van der Waals surface area (Å²) in [4.78, 5) is 19.5. The summed E-state index contributed by atoms with van der Waals surface area (Å²) in [7, 11) is 0. The Morgan fingerprint density at radius 2 is 2.12 bits per heavy atom. The van der Waals surface area contributed by atoms with Crippen molar-refractivity contribution in [2.75, 3.05) is 13.1 Å². The predicted octanol–water partition coefficient (Wildman–Crippen LogP) is 2.94. The Labute approximate surface area is 149 Å². The molecule has 0 aliphatic carbocycles. The average molecular weight is 354 g/mol. The first-order valence-corrected chi connectivity index (χ1v) is 9.15. The minimum atomic E-state index is -0.0203. The normalized spacial score (nSPS) is 14.5. The SMILES string of the molecule is CCCc1nnsc1C(=O)N1CC(Oc2ccc3ccccc3n2)C1. The van der Waals surface area contributed by atoms with E-state index in [1.807, 2.05) is 36.4 Å². The summed E-state index contributed by atoms with van der Waals surface area (Å²) in [5.74, 6) is 0.603. The summed E-state index contributed by atoms with van der Waals surface area (Å²) in [5, 5.41) is 5.15. The summed E-state index contributed by atoms with van der Waals surface area (Å²) in [6.45, 7) is 3.20. The molecular weight excluding hydrogens is 336 g/mol. The molecule has 1 aliphatic heterocycles. The van der Waals surface area contributed by atoms with E-state index in [0.29, 0.717) is 23.8 Å². The first-order chi connectivity index (χ1) is 12.2. The summed E-state index contributed by atoms with van der Waals surface area (Å²) in [5.41, 5.74) is 1.71. The lowest BCUT2D eigenvalue weighted by atomic mass is 10.1. The first-order valence-electron chi connectivity index (χ1n) is 8.37. The van der Waals surface area contributed by atoms with Crippen LogP contribution in [0.4, 0.5) is 0 Å². The summed E-state index contributed by atoms with van der Waals surface area (Å²) in [6, 6.07) is 11.8. The standard InChI is InChI=1S/C18H18N4O2S/c1-2-5-15-17(25-21-20-15)18(23)22-10-13(11-22)24-16-9-8-12-6-3-4-7-14(12)19-16/h3-4,6-9,13H,2,5,10-11H2,1H3. The molecule has 0 unspecified atom stereocenters. The van der Waals surface area contributed by atoms with Crippen LogP contribution in [0.5, 0.6) is 5.88 Å². The molecule has 0 bridgehead atoms. The van der Waals surface area contributed by atoms with Crippen molar-refractivity contribution in [3.63, 3.8) is 0 Å². The van der Waals surface area contributed by atoms with Gasteiger partial charge in [0, 0.05) is 11.5 Å². The van der Waals surface area contributed by atoms with Gasteiger partial charge in [0.25, 0.3) is 5.91 Å². The second-order valence-corrected chi connectivity index (χ2v) is 6.85. The monoisotopic (exact) mass is 354 g/mol. The number of carbonyl (C=O) groups is 1. The van der Waals surface area contributed by atoms with Crippen LogP contribution in [0, 0.1) is 0 Å². The third-order valence-electron chi connectivity index (χ3n) is 4.23. The highest BCUT2D eigenvalue weighted by molar-refractivity contribution is 7.08. The highest BCUT2D eigenvalue weighted by Crippen LogP contribution is 2.23. The number of nitrogens with zero attached hydrogens (tertiary/aromatic N) is 4. The van der Waals surface area contributed by atoms with Crippen molar-refractivity contribution in [2.24, 2.45) is 0 Å². The van der Waals surface area contributed by atoms with E-state index in [0.717, 1.165) is 29.4 Å². The molecule has 7 heteroatoms. The van der Waals surface area contributed by atoms with Crippen LogP contribution in [0.15, 0.2) is 36.4 Å². The number of aromatic nitrogens is 3. The molecule has 1 aromatic carbocycles. The zero-order valence-corrected chi connectivity index (χ0v) is 14.7. The minimum Gasteiger partial charge on any atom is -0.471 e. The van der Waals surface area contributed by atoms with Crippen LogP contribution >= 0.6 is 11.5 Å². The molecular formula is C18H18N4O2S. The number of para-hydroxylation sites is 1. The van der Waals surface area contributed by atoms with E-state index in [2.05, 4.69) is 21.5 Å². The third kappa shape index (κ3) is 3.19. The number of pyridine rings is 1. The van der Waals surface area contributed by atoms with E-state index in [-0.39, 0.29) is 12.0 Å².